The average molecular weight is 790 g/mol. The molecule has 2 bridgehead atoms. The number of rotatable bonds is 6. The molecule has 294 valence electrons. The molecule has 55 heavy (non-hydrogen) atoms. The van der Waals surface area contributed by atoms with E-state index < -0.39 is 21.4 Å². The molecule has 2 aromatic carbocycles. The Bertz CT molecular complexity index is 2140. The number of ketones is 1. The second-order valence-electron chi connectivity index (χ2n) is 16.4. The minimum absolute atomic E-state index is 0.00244. The van der Waals surface area contributed by atoms with Crippen molar-refractivity contribution >= 4 is 38.7 Å². The third-order valence-electron chi connectivity index (χ3n) is 12.7. The van der Waals surface area contributed by atoms with E-state index in [0.29, 0.717) is 60.5 Å². The molecule has 2 aliphatic carbocycles. The first-order valence-corrected chi connectivity index (χ1v) is 21.8. The van der Waals surface area contributed by atoms with Gasteiger partial charge in [0.2, 0.25) is 0 Å². The van der Waals surface area contributed by atoms with Gasteiger partial charge in [-0.05, 0) is 97.7 Å². The van der Waals surface area contributed by atoms with Gasteiger partial charge in [0.05, 0.1) is 58.4 Å². The van der Waals surface area contributed by atoms with Gasteiger partial charge in [-0.1, -0.05) is 36.7 Å². The van der Waals surface area contributed by atoms with E-state index in [2.05, 4.69) is 33.5 Å². The molecule has 1 amide bonds. The van der Waals surface area contributed by atoms with Gasteiger partial charge in [-0.15, -0.1) is 0 Å². The van der Waals surface area contributed by atoms with Crippen LogP contribution in [0.1, 0.15) is 76.6 Å². The zero-order valence-corrected chi connectivity index (χ0v) is 33.8. The number of hydrogen-bond acceptors (Lipinski definition) is 8. The predicted molar refractivity (Wildman–Crippen MR) is 215 cm³/mol. The maximum Gasteiger partial charge on any atom is 0.285 e. The van der Waals surface area contributed by atoms with Gasteiger partial charge >= 0.3 is 0 Å². The van der Waals surface area contributed by atoms with Gasteiger partial charge in [0.1, 0.15) is 5.75 Å². The average Bonchev–Trinajstić information content (AvgIpc) is 3.67. The lowest BCUT2D eigenvalue weighted by atomic mass is 9.68. The van der Waals surface area contributed by atoms with Crippen molar-refractivity contribution in [3.05, 3.63) is 87.7 Å². The number of nitrogens with zero attached hydrogens (tertiary/aromatic N) is 3. The van der Waals surface area contributed by atoms with Crippen LogP contribution in [0, 0.1) is 17.8 Å². The van der Waals surface area contributed by atoms with Crippen molar-refractivity contribution in [3.8, 4) is 11.5 Å². The monoisotopic (exact) mass is 789 g/mol. The van der Waals surface area contributed by atoms with Crippen LogP contribution in [-0.2, 0) is 44.0 Å². The third kappa shape index (κ3) is 7.38. The van der Waals surface area contributed by atoms with Crippen molar-refractivity contribution in [1.82, 2.24) is 4.57 Å². The standard InChI is InChI=1S/C43H52ClN3O7S/c1-27-7-5-9-39(52-3)33-13-10-30(33)20-47-25-43(16-6-8-28-17-31(44)12-14-35(28)43)26-54-40-15-11-29(18-36(40)47)42(49)45-55(50,23-27)24-38(48)34-22-46-21-32(51-2)19-37(46)41(34)53-4/h5,9,11-12,14-15,17-18,22,27,30,32-33,39H,6-8,10,13,16,19-21,23-26H2,1-4H3/b9-5+/t27-,30-,32+,33+,39-,43-,55+/m0/s1. The topological polar surface area (TPSA) is 109 Å². The van der Waals surface area contributed by atoms with Gasteiger partial charge in [0.15, 0.2) is 11.5 Å². The van der Waals surface area contributed by atoms with Crippen molar-refractivity contribution in [1.29, 1.82) is 0 Å². The molecule has 4 heterocycles. The van der Waals surface area contributed by atoms with Crippen LogP contribution in [0.2, 0.25) is 5.02 Å². The Morgan fingerprint density at radius 2 is 1.96 bits per heavy atom. The Morgan fingerprint density at radius 3 is 2.73 bits per heavy atom. The van der Waals surface area contributed by atoms with E-state index in [1.807, 2.05) is 29.7 Å². The van der Waals surface area contributed by atoms with Crippen LogP contribution in [0.15, 0.2) is 59.1 Å². The van der Waals surface area contributed by atoms with Crippen molar-refractivity contribution in [2.75, 3.05) is 57.4 Å². The molecule has 1 spiro atoms. The number of methoxy groups -OCH3 is 3. The van der Waals surface area contributed by atoms with Gasteiger partial charge in [-0.25, -0.2) is 4.21 Å². The Kier molecular flexibility index (Phi) is 10.7. The van der Waals surface area contributed by atoms with Crippen molar-refractivity contribution in [2.24, 2.45) is 22.1 Å². The first-order valence-electron chi connectivity index (χ1n) is 19.6. The molecule has 3 aliphatic heterocycles. The molecule has 7 atom stereocenters. The zero-order chi connectivity index (χ0) is 38.5. The van der Waals surface area contributed by atoms with E-state index in [4.69, 9.17) is 30.5 Å². The number of allylic oxidation sites excluding steroid dienone is 1. The summed E-state index contributed by atoms with van der Waals surface area (Å²) < 4.78 is 45.4. The number of carbonyl (C=O) groups excluding carboxylic acids is 2. The van der Waals surface area contributed by atoms with Crippen LogP contribution in [0.4, 0.5) is 5.69 Å². The van der Waals surface area contributed by atoms with Gasteiger partial charge in [0, 0.05) is 68.2 Å². The highest BCUT2D eigenvalue weighted by Gasteiger charge is 2.44. The fourth-order valence-corrected chi connectivity index (χ4v) is 12.2. The molecule has 0 unspecified atom stereocenters. The second kappa shape index (κ2) is 15.4. The molecule has 12 heteroatoms. The summed E-state index contributed by atoms with van der Waals surface area (Å²) in [5, 5.41) is 0.742. The van der Waals surface area contributed by atoms with E-state index in [0.717, 1.165) is 61.6 Å². The quantitative estimate of drug-likeness (QED) is 0.189. The number of aryl methyl sites for hydroxylation is 1. The number of halogens is 1. The summed E-state index contributed by atoms with van der Waals surface area (Å²) in [5.41, 5.74) is 4.67. The fourth-order valence-electron chi connectivity index (χ4n) is 9.79. The summed E-state index contributed by atoms with van der Waals surface area (Å²) in [4.78, 5) is 30.7. The van der Waals surface area contributed by atoms with E-state index in [1.165, 1.54) is 18.2 Å². The van der Waals surface area contributed by atoms with E-state index in [9.17, 15) is 13.8 Å². The van der Waals surface area contributed by atoms with Gasteiger partial charge in [-0.3, -0.25) is 9.59 Å². The number of benzene rings is 2. The Balaban J connectivity index is 1.18. The molecule has 1 aromatic heterocycles. The normalized spacial score (nSPS) is 30.9. The third-order valence-corrected chi connectivity index (χ3v) is 15.3. The first-order chi connectivity index (χ1) is 26.5. The summed E-state index contributed by atoms with van der Waals surface area (Å²) in [6, 6.07) is 11.7. The number of ether oxygens (including phenoxy) is 4. The molecule has 0 radical (unpaired) electrons. The van der Waals surface area contributed by atoms with Crippen molar-refractivity contribution < 1.29 is 32.7 Å². The number of anilines is 1. The van der Waals surface area contributed by atoms with Crippen molar-refractivity contribution in [2.45, 2.75) is 76.0 Å². The highest BCUT2D eigenvalue weighted by Crippen LogP contribution is 2.47. The van der Waals surface area contributed by atoms with Crippen LogP contribution < -0.4 is 14.4 Å². The summed E-state index contributed by atoms with van der Waals surface area (Å²) in [6.45, 7) is 4.60. The minimum atomic E-state index is -3.36. The lowest BCUT2D eigenvalue weighted by Crippen LogP contribution is -2.49. The summed E-state index contributed by atoms with van der Waals surface area (Å²) in [7, 11) is 1.62. The number of Topliss-reactive ketones (excluding diaryl/α,β-unsaturated/α-hetero) is 1. The highest BCUT2D eigenvalue weighted by molar-refractivity contribution is 7.94. The second-order valence-corrected chi connectivity index (χ2v) is 19.2. The largest absolute Gasteiger partial charge is 0.494 e. The van der Waals surface area contributed by atoms with E-state index in [1.54, 1.807) is 26.5 Å². The smallest absolute Gasteiger partial charge is 0.285 e. The molecular formula is C43H52ClN3O7S. The summed E-state index contributed by atoms with van der Waals surface area (Å²) in [6.07, 6.45) is 12.3. The molecule has 5 aliphatic rings. The number of hydrogen-bond donors (Lipinski definition) is 0. The van der Waals surface area contributed by atoms with Crippen LogP contribution in [0.5, 0.6) is 11.5 Å². The molecule has 3 aromatic rings. The molecule has 10 nitrogen and oxygen atoms in total. The van der Waals surface area contributed by atoms with Gasteiger partial charge in [0.25, 0.3) is 5.91 Å². The SMILES string of the molecule is COc1c(C(=O)C[S@@]2(=O)=NC(=O)c3ccc4c(c3)N(C[C@@H]3CC[C@H]3[C@@H](OC)/C=C/C[C@H](C)C2)C[C@@]2(CCCc3cc(Cl)ccc32)CO4)cn2c1C[C@@H](OC)C2. The minimum Gasteiger partial charge on any atom is -0.494 e. The molecule has 0 saturated heterocycles. The van der Waals surface area contributed by atoms with Crippen LogP contribution in [-0.4, -0.2) is 85.2 Å². The lowest BCUT2D eigenvalue weighted by molar-refractivity contribution is 0.0131. The Hall–Kier alpha value is -3.64. The number of fused-ring (bicyclic) bond motifs is 5. The fraction of sp³-hybridized carbons (Fsp3) is 0.535. The van der Waals surface area contributed by atoms with Crippen LogP contribution in [0.25, 0.3) is 0 Å². The molecule has 1 fully saturated rings. The Morgan fingerprint density at radius 1 is 1.11 bits per heavy atom. The molecule has 1 saturated carbocycles. The number of amides is 1. The maximum atomic E-state index is 14.9. The van der Waals surface area contributed by atoms with Crippen molar-refractivity contribution in [3.63, 3.8) is 0 Å². The summed E-state index contributed by atoms with van der Waals surface area (Å²) in [5.74, 6) is 0.537. The highest BCUT2D eigenvalue weighted by atomic mass is 35.5. The van der Waals surface area contributed by atoms with Gasteiger partial charge in [-0.2, -0.15) is 4.36 Å². The number of aromatic nitrogens is 1. The predicted octanol–water partition coefficient (Wildman–Crippen LogP) is 7.32. The first kappa shape index (κ1) is 38.2. The van der Waals surface area contributed by atoms with Crippen LogP contribution in [0.3, 0.4) is 0 Å². The van der Waals surface area contributed by atoms with Gasteiger partial charge < -0.3 is 28.4 Å². The molecule has 8 rings (SSSR count). The summed E-state index contributed by atoms with van der Waals surface area (Å²) >= 11 is 6.48. The molecular weight excluding hydrogens is 738 g/mol. The van der Waals surface area contributed by atoms with E-state index in [-0.39, 0.29) is 35.1 Å². The number of carbonyl (C=O) groups is 2. The molecule has 0 N–H and O–H groups in total. The lowest BCUT2D eigenvalue weighted by Gasteiger charge is -2.46. The van der Waals surface area contributed by atoms with E-state index >= 15 is 0 Å². The van der Waals surface area contributed by atoms with Crippen LogP contribution >= 0.6 is 11.6 Å². The maximum absolute atomic E-state index is 14.9. The Labute approximate surface area is 329 Å². The zero-order valence-electron chi connectivity index (χ0n) is 32.3.